The first kappa shape index (κ1) is 11.0. The molecule has 18 heavy (non-hydrogen) atoms. The minimum Gasteiger partial charge on any atom is -0.361 e. The summed E-state index contributed by atoms with van der Waals surface area (Å²) in [5.74, 6) is 0. The summed E-state index contributed by atoms with van der Waals surface area (Å²) < 4.78 is 1.82. The van der Waals surface area contributed by atoms with Crippen LogP contribution in [0.4, 0.5) is 0 Å². The summed E-state index contributed by atoms with van der Waals surface area (Å²) in [4.78, 5) is 3.20. The summed E-state index contributed by atoms with van der Waals surface area (Å²) in [5, 5.41) is 8.99. The van der Waals surface area contributed by atoms with Gasteiger partial charge in [0.25, 0.3) is 0 Å². The van der Waals surface area contributed by atoms with Gasteiger partial charge in [-0.15, -0.1) is 0 Å². The number of hydrogen-bond acceptors (Lipinski definition) is 2. The Morgan fingerprint density at radius 3 is 3.00 bits per heavy atom. The molecule has 0 aliphatic rings. The summed E-state index contributed by atoms with van der Waals surface area (Å²) in [7, 11) is 1.93. The second kappa shape index (κ2) is 4.66. The molecule has 3 rings (SSSR count). The van der Waals surface area contributed by atoms with Crippen LogP contribution in [0.5, 0.6) is 0 Å². The first-order valence-electron chi connectivity index (χ1n) is 6.06. The normalized spacial score (nSPS) is 11.2. The number of aryl methyl sites for hydroxylation is 1. The average Bonchev–Trinajstić information content (AvgIpc) is 2.97. The number of nitrogens with zero attached hydrogens (tertiary/aromatic N) is 2. The minimum absolute atomic E-state index is 0.798. The number of aromatic nitrogens is 3. The molecule has 4 heteroatoms. The summed E-state index contributed by atoms with van der Waals surface area (Å²) in [6.07, 6.45) is 3.93. The van der Waals surface area contributed by atoms with Gasteiger partial charge in [0.2, 0.25) is 0 Å². The Bertz CT molecular complexity index is 650. The van der Waals surface area contributed by atoms with Crippen LogP contribution in [0.1, 0.15) is 11.3 Å². The van der Waals surface area contributed by atoms with Gasteiger partial charge in [0.1, 0.15) is 0 Å². The molecule has 0 spiro atoms. The quantitative estimate of drug-likeness (QED) is 0.734. The molecule has 0 aliphatic carbocycles. The van der Waals surface area contributed by atoms with Gasteiger partial charge in [-0.05, 0) is 35.2 Å². The molecule has 0 bridgehead atoms. The van der Waals surface area contributed by atoms with Gasteiger partial charge < -0.3 is 10.3 Å². The highest BCUT2D eigenvalue weighted by atomic mass is 15.3. The average molecular weight is 240 g/mol. The molecule has 0 amide bonds. The number of H-pyrrole nitrogens is 1. The summed E-state index contributed by atoms with van der Waals surface area (Å²) in [5.41, 5.74) is 3.54. The van der Waals surface area contributed by atoms with E-state index in [9.17, 15) is 0 Å². The molecule has 4 nitrogen and oxygen atoms in total. The molecule has 0 atom stereocenters. The van der Waals surface area contributed by atoms with Gasteiger partial charge in [0, 0.05) is 38.0 Å². The zero-order valence-electron chi connectivity index (χ0n) is 10.4. The van der Waals surface area contributed by atoms with Gasteiger partial charge in [-0.2, -0.15) is 5.10 Å². The van der Waals surface area contributed by atoms with E-state index in [1.807, 2.05) is 30.2 Å². The second-order valence-corrected chi connectivity index (χ2v) is 4.48. The number of hydrogen-bond donors (Lipinski definition) is 2. The van der Waals surface area contributed by atoms with Crippen molar-refractivity contribution in [1.82, 2.24) is 20.1 Å². The number of nitrogens with one attached hydrogen (secondary N) is 2. The third kappa shape index (κ3) is 2.28. The predicted molar refractivity (Wildman–Crippen MR) is 72.1 cm³/mol. The topological polar surface area (TPSA) is 45.6 Å². The Morgan fingerprint density at radius 2 is 2.17 bits per heavy atom. The maximum atomic E-state index is 4.33. The number of fused-ring (bicyclic) bond motifs is 1. The van der Waals surface area contributed by atoms with Gasteiger partial charge in [0.15, 0.2) is 0 Å². The van der Waals surface area contributed by atoms with Crippen molar-refractivity contribution in [3.8, 4) is 0 Å². The fraction of sp³-hybridized carbons (Fsp3) is 0.214. The molecule has 92 valence electrons. The molecule has 0 aliphatic heterocycles. The first-order chi connectivity index (χ1) is 8.81. The van der Waals surface area contributed by atoms with Gasteiger partial charge in [-0.1, -0.05) is 6.07 Å². The molecule has 2 heterocycles. The van der Waals surface area contributed by atoms with Gasteiger partial charge in [0.05, 0.1) is 5.69 Å². The highest BCUT2D eigenvalue weighted by molar-refractivity contribution is 5.79. The fourth-order valence-corrected chi connectivity index (χ4v) is 2.11. The van der Waals surface area contributed by atoms with Crippen molar-refractivity contribution in [1.29, 1.82) is 0 Å². The van der Waals surface area contributed by atoms with Crippen LogP contribution < -0.4 is 5.32 Å². The molecule has 1 aromatic carbocycles. The van der Waals surface area contributed by atoms with Crippen LogP contribution in [0.2, 0.25) is 0 Å². The highest BCUT2D eigenvalue weighted by Gasteiger charge is 1.99. The van der Waals surface area contributed by atoms with Crippen molar-refractivity contribution in [2.24, 2.45) is 7.05 Å². The summed E-state index contributed by atoms with van der Waals surface area (Å²) in [6.45, 7) is 1.66. The van der Waals surface area contributed by atoms with Crippen molar-refractivity contribution in [2.45, 2.75) is 13.1 Å². The van der Waals surface area contributed by atoms with Gasteiger partial charge >= 0.3 is 0 Å². The second-order valence-electron chi connectivity index (χ2n) is 4.48. The molecule has 0 unspecified atom stereocenters. The SMILES string of the molecule is Cn1ccc(CNCc2ccc3[nH]ccc3c2)n1. The van der Waals surface area contributed by atoms with Crippen LogP contribution >= 0.6 is 0 Å². The summed E-state index contributed by atoms with van der Waals surface area (Å²) >= 11 is 0. The number of rotatable bonds is 4. The van der Waals surface area contributed by atoms with E-state index in [-0.39, 0.29) is 0 Å². The van der Waals surface area contributed by atoms with Crippen LogP contribution in [0.3, 0.4) is 0 Å². The van der Waals surface area contributed by atoms with Gasteiger partial charge in [-0.3, -0.25) is 4.68 Å². The maximum absolute atomic E-state index is 4.33. The third-order valence-corrected chi connectivity index (χ3v) is 3.02. The Hall–Kier alpha value is -2.07. The molecule has 0 saturated heterocycles. The molecule has 2 aromatic heterocycles. The van der Waals surface area contributed by atoms with Crippen LogP contribution in [0, 0.1) is 0 Å². The van der Waals surface area contributed by atoms with Crippen LogP contribution in [-0.2, 0) is 20.1 Å². The summed E-state index contributed by atoms with van der Waals surface area (Å²) in [6, 6.07) is 10.6. The molecule has 3 aromatic rings. The molecular weight excluding hydrogens is 224 g/mol. The zero-order valence-corrected chi connectivity index (χ0v) is 10.4. The van der Waals surface area contributed by atoms with E-state index in [0.717, 1.165) is 18.8 Å². The van der Waals surface area contributed by atoms with E-state index in [2.05, 4.69) is 39.7 Å². The first-order valence-corrected chi connectivity index (χ1v) is 6.06. The van der Waals surface area contributed by atoms with E-state index in [1.54, 1.807) is 0 Å². The largest absolute Gasteiger partial charge is 0.361 e. The van der Waals surface area contributed by atoms with Crippen molar-refractivity contribution in [3.63, 3.8) is 0 Å². The smallest absolute Gasteiger partial charge is 0.0762 e. The van der Waals surface area contributed by atoms with Crippen molar-refractivity contribution in [2.75, 3.05) is 0 Å². The van der Waals surface area contributed by atoms with E-state index in [4.69, 9.17) is 0 Å². The highest BCUT2D eigenvalue weighted by Crippen LogP contribution is 2.14. The lowest BCUT2D eigenvalue weighted by molar-refractivity contribution is 0.657. The molecule has 2 N–H and O–H groups in total. The van der Waals surface area contributed by atoms with Crippen LogP contribution in [-0.4, -0.2) is 14.8 Å². The Labute approximate surface area is 106 Å². The lowest BCUT2D eigenvalue weighted by Crippen LogP contribution is -2.13. The van der Waals surface area contributed by atoms with Crippen LogP contribution in [0.25, 0.3) is 10.9 Å². The monoisotopic (exact) mass is 240 g/mol. The Morgan fingerprint density at radius 1 is 1.22 bits per heavy atom. The van der Waals surface area contributed by atoms with E-state index in [1.165, 1.54) is 16.5 Å². The predicted octanol–water partition coefficient (Wildman–Crippen LogP) is 2.19. The minimum atomic E-state index is 0.798. The molecule has 0 radical (unpaired) electrons. The number of aromatic amines is 1. The lowest BCUT2D eigenvalue weighted by Gasteiger charge is -2.03. The Balaban J connectivity index is 1.62. The Kier molecular flexibility index (Phi) is 2.86. The van der Waals surface area contributed by atoms with Crippen molar-refractivity contribution in [3.05, 3.63) is 54.0 Å². The van der Waals surface area contributed by atoms with Crippen LogP contribution in [0.15, 0.2) is 42.7 Å². The van der Waals surface area contributed by atoms with E-state index < -0.39 is 0 Å². The fourth-order valence-electron chi connectivity index (χ4n) is 2.11. The molecular formula is C14H16N4. The van der Waals surface area contributed by atoms with Crippen molar-refractivity contribution >= 4 is 10.9 Å². The zero-order chi connectivity index (χ0) is 12.4. The molecule has 0 fully saturated rings. The molecule has 0 saturated carbocycles. The third-order valence-electron chi connectivity index (χ3n) is 3.02. The van der Waals surface area contributed by atoms with E-state index in [0.29, 0.717) is 0 Å². The standard InChI is InChI=1S/C14H16N4/c1-18-7-5-13(17-18)10-15-9-11-2-3-14-12(8-11)4-6-16-14/h2-8,15-16H,9-10H2,1H3. The van der Waals surface area contributed by atoms with Crippen molar-refractivity contribution < 1.29 is 0 Å². The van der Waals surface area contributed by atoms with Gasteiger partial charge in [-0.25, -0.2) is 0 Å². The maximum Gasteiger partial charge on any atom is 0.0762 e. The van der Waals surface area contributed by atoms with E-state index >= 15 is 0 Å². The lowest BCUT2D eigenvalue weighted by atomic mass is 10.1. The number of benzene rings is 1.